The number of anilines is 2. The van der Waals surface area contributed by atoms with Gasteiger partial charge in [-0.2, -0.15) is 0 Å². The number of carbonyl (C=O) groups is 1. The maximum Gasteiger partial charge on any atom is 0.229 e. The van der Waals surface area contributed by atoms with E-state index < -0.39 is 6.35 Å². The highest BCUT2D eigenvalue weighted by Gasteiger charge is 2.30. The molecule has 0 aliphatic heterocycles. The van der Waals surface area contributed by atoms with Gasteiger partial charge in [-0.3, -0.25) is 10.1 Å². The van der Waals surface area contributed by atoms with Gasteiger partial charge >= 0.3 is 0 Å². The molecule has 0 spiro atoms. The van der Waals surface area contributed by atoms with Crippen molar-refractivity contribution in [1.82, 2.24) is 15.3 Å². The number of aliphatic hydroxyl groups excluding tert-OH is 1. The second-order valence-electron chi connectivity index (χ2n) is 8.58. The number of fused-ring (bicyclic) bond motifs is 1. The van der Waals surface area contributed by atoms with E-state index in [0.29, 0.717) is 39.3 Å². The van der Waals surface area contributed by atoms with Crippen LogP contribution in [0.4, 0.5) is 10.8 Å². The van der Waals surface area contributed by atoms with Crippen molar-refractivity contribution in [3.63, 3.8) is 0 Å². The van der Waals surface area contributed by atoms with Gasteiger partial charge in [0.15, 0.2) is 11.5 Å². The first-order valence-corrected chi connectivity index (χ1v) is 12.4. The normalized spacial score (nSPS) is 14.0. The summed E-state index contributed by atoms with van der Waals surface area (Å²) in [6.45, 7) is 2.58. The maximum absolute atomic E-state index is 12.0. The van der Waals surface area contributed by atoms with Crippen LogP contribution in [0.25, 0.3) is 10.3 Å². The third-order valence-electron chi connectivity index (χ3n) is 5.71. The van der Waals surface area contributed by atoms with Crippen LogP contribution in [-0.2, 0) is 11.2 Å². The van der Waals surface area contributed by atoms with E-state index in [1.807, 2.05) is 49.4 Å². The van der Waals surface area contributed by atoms with E-state index in [4.69, 9.17) is 4.74 Å². The summed E-state index contributed by atoms with van der Waals surface area (Å²) >= 11 is 1.33. The van der Waals surface area contributed by atoms with Crippen molar-refractivity contribution in [2.45, 2.75) is 32.5 Å². The molecule has 2 heterocycles. The molecular formula is C26H27N5O3S. The summed E-state index contributed by atoms with van der Waals surface area (Å²) in [4.78, 5) is 21.7. The molecule has 1 unspecified atom stereocenters. The number of carbonyl (C=O) groups excluding carboxylic acids is 1. The zero-order chi connectivity index (χ0) is 24.2. The molecule has 0 radical (unpaired) electrons. The van der Waals surface area contributed by atoms with Crippen molar-refractivity contribution in [3.8, 4) is 11.6 Å². The third kappa shape index (κ3) is 6.13. The SMILES string of the molecule is Cc1ccc(NC(O)NCCc2ccccc2)cc1Oc1ccc2nc(NC(=O)C3CC3)sc2n1. The molecule has 2 aromatic carbocycles. The highest BCUT2D eigenvalue weighted by atomic mass is 32.1. The zero-order valence-electron chi connectivity index (χ0n) is 19.3. The quantitative estimate of drug-likeness (QED) is 0.240. The first-order chi connectivity index (χ1) is 17.0. The first-order valence-electron chi connectivity index (χ1n) is 11.6. The van der Waals surface area contributed by atoms with Gasteiger partial charge in [-0.05, 0) is 49.4 Å². The lowest BCUT2D eigenvalue weighted by Crippen LogP contribution is -2.37. The van der Waals surface area contributed by atoms with E-state index in [1.165, 1.54) is 16.9 Å². The highest BCUT2D eigenvalue weighted by molar-refractivity contribution is 7.21. The van der Waals surface area contributed by atoms with Gasteiger partial charge < -0.3 is 20.5 Å². The van der Waals surface area contributed by atoms with Gasteiger partial charge in [-0.1, -0.05) is 47.7 Å². The van der Waals surface area contributed by atoms with Crippen molar-refractivity contribution in [3.05, 3.63) is 71.8 Å². The standard InChI is InChI=1S/C26H27N5O3S/c1-16-7-10-19(28-25(33)27-14-13-17-5-3-2-4-6-17)15-21(16)34-22-12-11-20-24(30-22)35-26(29-20)31-23(32)18-8-9-18/h2-7,10-12,15,18,25,27-28,33H,8-9,13-14H2,1H3,(H,29,31,32). The van der Waals surface area contributed by atoms with Crippen LogP contribution in [-0.4, -0.2) is 33.9 Å². The number of aryl methyl sites for hydroxylation is 1. The minimum absolute atomic E-state index is 0.0252. The average molecular weight is 490 g/mol. The fourth-order valence-electron chi connectivity index (χ4n) is 3.58. The number of amides is 1. The Labute approximate surface area is 207 Å². The van der Waals surface area contributed by atoms with E-state index in [1.54, 1.807) is 6.07 Å². The summed E-state index contributed by atoms with van der Waals surface area (Å²) in [5, 5.41) is 19.9. The number of pyridine rings is 1. The summed E-state index contributed by atoms with van der Waals surface area (Å²) in [6, 6.07) is 19.4. The summed E-state index contributed by atoms with van der Waals surface area (Å²) in [5.41, 5.74) is 3.58. The van der Waals surface area contributed by atoms with Gasteiger partial charge in [-0.25, -0.2) is 9.97 Å². The number of hydrogen-bond acceptors (Lipinski definition) is 8. The summed E-state index contributed by atoms with van der Waals surface area (Å²) in [5.74, 6) is 1.21. The lowest BCUT2D eigenvalue weighted by molar-refractivity contribution is -0.117. The van der Waals surface area contributed by atoms with Crippen LogP contribution in [0.3, 0.4) is 0 Å². The first kappa shape index (κ1) is 23.2. The predicted octanol–water partition coefficient (Wildman–Crippen LogP) is 4.66. The van der Waals surface area contributed by atoms with Crippen LogP contribution in [0.5, 0.6) is 11.6 Å². The Morgan fingerprint density at radius 2 is 1.97 bits per heavy atom. The number of ether oxygens (including phenoxy) is 1. The molecule has 1 atom stereocenters. The number of rotatable bonds is 10. The monoisotopic (exact) mass is 489 g/mol. The van der Waals surface area contributed by atoms with Gasteiger partial charge in [0.25, 0.3) is 0 Å². The Kier molecular flexibility index (Phi) is 6.89. The van der Waals surface area contributed by atoms with Crippen molar-refractivity contribution < 1.29 is 14.6 Å². The number of nitrogens with zero attached hydrogens (tertiary/aromatic N) is 2. The Morgan fingerprint density at radius 1 is 1.14 bits per heavy atom. The predicted molar refractivity (Wildman–Crippen MR) is 138 cm³/mol. The van der Waals surface area contributed by atoms with Gasteiger partial charge in [0.05, 0.1) is 0 Å². The molecule has 180 valence electrons. The summed E-state index contributed by atoms with van der Waals surface area (Å²) in [7, 11) is 0. The summed E-state index contributed by atoms with van der Waals surface area (Å²) in [6.07, 6.45) is 1.81. The smallest absolute Gasteiger partial charge is 0.229 e. The molecule has 35 heavy (non-hydrogen) atoms. The molecule has 8 nitrogen and oxygen atoms in total. The van der Waals surface area contributed by atoms with E-state index in [9.17, 15) is 9.90 Å². The van der Waals surface area contributed by atoms with Crippen molar-refractivity contribution in [2.24, 2.45) is 5.92 Å². The van der Waals surface area contributed by atoms with Crippen molar-refractivity contribution in [2.75, 3.05) is 17.2 Å². The number of aliphatic hydroxyl groups is 1. The molecule has 0 saturated heterocycles. The molecule has 1 fully saturated rings. The lowest BCUT2D eigenvalue weighted by atomic mass is 10.1. The lowest BCUT2D eigenvalue weighted by Gasteiger charge is -2.17. The minimum atomic E-state index is -0.898. The summed E-state index contributed by atoms with van der Waals surface area (Å²) < 4.78 is 6.06. The average Bonchev–Trinajstić information content (AvgIpc) is 3.63. The van der Waals surface area contributed by atoms with Crippen LogP contribution >= 0.6 is 11.3 Å². The van der Waals surface area contributed by atoms with Gasteiger partial charge in [0, 0.05) is 30.3 Å². The number of hydrogen-bond donors (Lipinski definition) is 4. The molecule has 4 N–H and O–H groups in total. The van der Waals surface area contributed by atoms with E-state index in [0.717, 1.165) is 24.8 Å². The third-order valence-corrected chi connectivity index (χ3v) is 6.59. The molecule has 1 amide bonds. The topological polar surface area (TPSA) is 108 Å². The zero-order valence-corrected chi connectivity index (χ0v) is 20.1. The second kappa shape index (κ2) is 10.4. The number of benzene rings is 2. The Morgan fingerprint density at radius 3 is 2.77 bits per heavy atom. The molecule has 1 saturated carbocycles. The molecule has 1 aliphatic rings. The van der Waals surface area contributed by atoms with Crippen LogP contribution in [0.2, 0.25) is 0 Å². The van der Waals surface area contributed by atoms with E-state index >= 15 is 0 Å². The molecule has 9 heteroatoms. The highest BCUT2D eigenvalue weighted by Crippen LogP contribution is 2.33. The van der Waals surface area contributed by atoms with Crippen molar-refractivity contribution >= 4 is 38.4 Å². The fourth-order valence-corrected chi connectivity index (χ4v) is 4.42. The fraction of sp³-hybridized carbons (Fsp3) is 0.269. The molecule has 5 rings (SSSR count). The molecule has 2 aromatic heterocycles. The molecule has 1 aliphatic carbocycles. The van der Waals surface area contributed by atoms with Crippen LogP contribution in [0.1, 0.15) is 24.0 Å². The number of nitrogens with one attached hydrogen (secondary N) is 3. The van der Waals surface area contributed by atoms with E-state index in [-0.39, 0.29) is 11.8 Å². The van der Waals surface area contributed by atoms with Crippen molar-refractivity contribution in [1.29, 1.82) is 0 Å². The molecule has 4 aromatic rings. The van der Waals surface area contributed by atoms with E-state index in [2.05, 4.69) is 38.1 Å². The molecular weight excluding hydrogens is 462 g/mol. The number of thiazole rings is 1. The number of aromatic nitrogens is 2. The largest absolute Gasteiger partial charge is 0.439 e. The van der Waals surface area contributed by atoms with Gasteiger partial charge in [-0.15, -0.1) is 0 Å². The van der Waals surface area contributed by atoms with Crippen LogP contribution in [0, 0.1) is 12.8 Å². The minimum Gasteiger partial charge on any atom is -0.439 e. The van der Waals surface area contributed by atoms with Gasteiger partial charge in [0.2, 0.25) is 11.8 Å². The Balaban J connectivity index is 1.20. The van der Waals surface area contributed by atoms with Crippen LogP contribution in [0.15, 0.2) is 60.7 Å². The van der Waals surface area contributed by atoms with Gasteiger partial charge in [0.1, 0.15) is 16.1 Å². The Hall–Kier alpha value is -3.53. The maximum atomic E-state index is 12.0. The second-order valence-corrected chi connectivity index (χ2v) is 9.55. The van der Waals surface area contributed by atoms with Crippen LogP contribution < -0.4 is 20.7 Å². The molecule has 0 bridgehead atoms. The Bertz CT molecular complexity index is 1320.